The molecule has 0 N–H and O–H groups in total. The van der Waals surface area contributed by atoms with Crippen LogP contribution in [0.25, 0.3) is 11.2 Å². The van der Waals surface area contributed by atoms with Crippen LogP contribution >= 0.6 is 22.6 Å². The van der Waals surface area contributed by atoms with Gasteiger partial charge in [-0.3, -0.25) is 4.90 Å². The molecule has 5 nitrogen and oxygen atoms in total. The summed E-state index contributed by atoms with van der Waals surface area (Å²) in [4.78, 5) is 14.5. The molecule has 0 saturated carbocycles. The van der Waals surface area contributed by atoms with E-state index in [1.165, 1.54) is 24.9 Å². The highest BCUT2D eigenvalue weighted by atomic mass is 127. The van der Waals surface area contributed by atoms with E-state index in [0.717, 1.165) is 49.7 Å². The molecule has 2 aromatic heterocycles. The monoisotopic (exact) mass is 411 g/mol. The van der Waals surface area contributed by atoms with Gasteiger partial charge in [0.15, 0.2) is 5.65 Å². The average molecular weight is 411 g/mol. The Labute approximate surface area is 144 Å². The molecule has 2 aromatic rings. The fourth-order valence-corrected chi connectivity index (χ4v) is 4.00. The summed E-state index contributed by atoms with van der Waals surface area (Å²) in [5.74, 6) is 1.16. The first-order valence-corrected chi connectivity index (χ1v) is 9.45. The molecule has 0 radical (unpaired) electrons. The number of alkyl halides is 1. The van der Waals surface area contributed by atoms with Crippen LogP contribution in [0.15, 0.2) is 12.3 Å². The van der Waals surface area contributed by atoms with Gasteiger partial charge >= 0.3 is 0 Å². The fourth-order valence-electron chi connectivity index (χ4n) is 3.52. The van der Waals surface area contributed by atoms with Gasteiger partial charge in [0, 0.05) is 26.2 Å². The van der Waals surface area contributed by atoms with Crippen LogP contribution in [0.4, 0.5) is 5.69 Å². The lowest BCUT2D eigenvalue weighted by atomic mass is 10.1. The number of hydrogen-bond donors (Lipinski definition) is 0. The Morgan fingerprint density at radius 2 is 1.95 bits per heavy atom. The molecule has 2 aliphatic heterocycles. The van der Waals surface area contributed by atoms with Crippen molar-refractivity contribution in [3.05, 3.63) is 18.1 Å². The lowest BCUT2D eigenvalue weighted by Gasteiger charge is -2.29. The van der Waals surface area contributed by atoms with E-state index in [9.17, 15) is 0 Å². The molecule has 0 aromatic carbocycles. The minimum absolute atomic E-state index is 0.544. The SMILES string of the molecule is CC(I)N1CCn2c(nc3cc(N4CCCCC4)cnc32)C1. The van der Waals surface area contributed by atoms with E-state index in [1.807, 2.05) is 6.20 Å². The van der Waals surface area contributed by atoms with Crippen LogP contribution in [-0.2, 0) is 13.1 Å². The number of anilines is 1. The summed E-state index contributed by atoms with van der Waals surface area (Å²) in [5, 5.41) is 0. The van der Waals surface area contributed by atoms with Gasteiger partial charge in [0.25, 0.3) is 0 Å². The molecule has 0 aliphatic carbocycles. The highest BCUT2D eigenvalue weighted by Gasteiger charge is 2.23. The number of fused-ring (bicyclic) bond motifs is 3. The molecule has 22 heavy (non-hydrogen) atoms. The van der Waals surface area contributed by atoms with Crippen molar-refractivity contribution in [2.45, 2.75) is 43.3 Å². The second-order valence-electron chi connectivity index (χ2n) is 6.31. The average Bonchev–Trinajstić information content (AvgIpc) is 2.92. The predicted molar refractivity (Wildman–Crippen MR) is 97.5 cm³/mol. The van der Waals surface area contributed by atoms with Crippen LogP contribution in [0, 0.1) is 0 Å². The second kappa shape index (κ2) is 5.96. The quantitative estimate of drug-likeness (QED) is 0.433. The number of rotatable bonds is 2. The van der Waals surface area contributed by atoms with E-state index in [0.29, 0.717) is 4.05 Å². The topological polar surface area (TPSA) is 37.2 Å². The lowest BCUT2D eigenvalue weighted by molar-refractivity contribution is 0.220. The van der Waals surface area contributed by atoms with Crippen LogP contribution in [0.5, 0.6) is 0 Å². The van der Waals surface area contributed by atoms with E-state index in [2.05, 4.69) is 49.9 Å². The van der Waals surface area contributed by atoms with Crippen LogP contribution < -0.4 is 4.90 Å². The summed E-state index contributed by atoms with van der Waals surface area (Å²) < 4.78 is 2.84. The Morgan fingerprint density at radius 1 is 1.14 bits per heavy atom. The van der Waals surface area contributed by atoms with Gasteiger partial charge < -0.3 is 9.47 Å². The maximum absolute atomic E-state index is 4.87. The minimum Gasteiger partial charge on any atom is -0.370 e. The van der Waals surface area contributed by atoms with Crippen LogP contribution in [0.3, 0.4) is 0 Å². The Balaban J connectivity index is 1.67. The van der Waals surface area contributed by atoms with Crippen LogP contribution in [0.1, 0.15) is 32.0 Å². The van der Waals surface area contributed by atoms with Crippen molar-refractivity contribution in [1.29, 1.82) is 0 Å². The van der Waals surface area contributed by atoms with E-state index >= 15 is 0 Å². The molecule has 118 valence electrons. The lowest BCUT2D eigenvalue weighted by Crippen LogP contribution is -2.37. The number of nitrogens with zero attached hydrogens (tertiary/aromatic N) is 5. The molecule has 0 bridgehead atoms. The Bertz CT molecular complexity index is 674. The number of hydrogen-bond acceptors (Lipinski definition) is 4. The van der Waals surface area contributed by atoms with Gasteiger partial charge in [-0.05, 0) is 32.3 Å². The third kappa shape index (κ3) is 2.60. The third-order valence-corrected chi connectivity index (χ3v) is 5.62. The zero-order chi connectivity index (χ0) is 15.1. The largest absolute Gasteiger partial charge is 0.370 e. The predicted octanol–water partition coefficient (Wildman–Crippen LogP) is 3.02. The van der Waals surface area contributed by atoms with Crippen molar-refractivity contribution in [3.8, 4) is 0 Å². The molecular formula is C16H22IN5. The van der Waals surface area contributed by atoms with E-state index in [1.54, 1.807) is 0 Å². The zero-order valence-electron chi connectivity index (χ0n) is 13.0. The Kier molecular flexibility index (Phi) is 3.98. The zero-order valence-corrected chi connectivity index (χ0v) is 15.2. The molecule has 0 spiro atoms. The summed E-state index contributed by atoms with van der Waals surface area (Å²) in [7, 11) is 0. The third-order valence-electron chi connectivity index (χ3n) is 4.83. The first-order chi connectivity index (χ1) is 10.7. The van der Waals surface area contributed by atoms with Gasteiger partial charge in [0.2, 0.25) is 0 Å². The van der Waals surface area contributed by atoms with Gasteiger partial charge in [-0.15, -0.1) is 0 Å². The molecule has 1 saturated heterocycles. The standard InChI is InChI=1S/C16H22IN5/c1-12(17)21-7-8-22-15(11-21)19-14-9-13(10-18-16(14)22)20-5-3-2-4-6-20/h9-10,12H,2-8,11H2,1H3. The van der Waals surface area contributed by atoms with Crippen molar-refractivity contribution in [2.24, 2.45) is 0 Å². The summed E-state index contributed by atoms with van der Waals surface area (Å²) >= 11 is 2.48. The van der Waals surface area contributed by atoms with Crippen molar-refractivity contribution in [1.82, 2.24) is 19.4 Å². The van der Waals surface area contributed by atoms with E-state index < -0.39 is 0 Å². The molecule has 1 atom stereocenters. The fraction of sp³-hybridized carbons (Fsp3) is 0.625. The highest BCUT2D eigenvalue weighted by Crippen LogP contribution is 2.26. The van der Waals surface area contributed by atoms with E-state index in [-0.39, 0.29) is 0 Å². The van der Waals surface area contributed by atoms with Gasteiger partial charge in [-0.25, -0.2) is 9.97 Å². The molecule has 1 fully saturated rings. The number of pyridine rings is 1. The maximum atomic E-state index is 4.87. The number of halogens is 1. The van der Waals surface area contributed by atoms with Crippen LogP contribution in [-0.4, -0.2) is 43.1 Å². The van der Waals surface area contributed by atoms with Crippen molar-refractivity contribution < 1.29 is 0 Å². The summed E-state index contributed by atoms with van der Waals surface area (Å²) in [6, 6.07) is 2.23. The summed E-state index contributed by atoms with van der Waals surface area (Å²) in [5.41, 5.74) is 3.35. The highest BCUT2D eigenvalue weighted by molar-refractivity contribution is 14.1. The van der Waals surface area contributed by atoms with Crippen molar-refractivity contribution >= 4 is 39.4 Å². The smallest absolute Gasteiger partial charge is 0.160 e. The van der Waals surface area contributed by atoms with Gasteiger partial charge in [0.1, 0.15) is 11.3 Å². The first-order valence-electron chi connectivity index (χ1n) is 8.20. The van der Waals surface area contributed by atoms with Gasteiger partial charge in [-0.2, -0.15) is 0 Å². The molecule has 0 amide bonds. The normalized spacial score (nSPS) is 21.1. The van der Waals surface area contributed by atoms with Crippen molar-refractivity contribution in [3.63, 3.8) is 0 Å². The second-order valence-corrected chi connectivity index (χ2v) is 8.11. The molecule has 4 heterocycles. The van der Waals surface area contributed by atoms with Gasteiger partial charge in [0.05, 0.1) is 22.5 Å². The molecule has 2 aliphatic rings. The summed E-state index contributed by atoms with van der Waals surface area (Å²) in [6.45, 7) is 7.56. The Morgan fingerprint density at radius 3 is 2.73 bits per heavy atom. The van der Waals surface area contributed by atoms with Crippen LogP contribution in [0.2, 0.25) is 0 Å². The number of aromatic nitrogens is 3. The maximum Gasteiger partial charge on any atom is 0.160 e. The van der Waals surface area contributed by atoms with Crippen molar-refractivity contribution in [2.75, 3.05) is 24.5 Å². The number of imidazole rings is 1. The minimum atomic E-state index is 0.544. The molecule has 1 unspecified atom stereocenters. The molecular weight excluding hydrogens is 389 g/mol. The van der Waals surface area contributed by atoms with E-state index in [4.69, 9.17) is 9.97 Å². The molecule has 6 heteroatoms. The number of piperidine rings is 1. The van der Waals surface area contributed by atoms with Gasteiger partial charge in [-0.1, -0.05) is 22.6 Å². The summed E-state index contributed by atoms with van der Waals surface area (Å²) in [6.07, 6.45) is 5.98. The first kappa shape index (κ1) is 14.7. The molecule has 4 rings (SSSR count). The Hall–Kier alpha value is -0.890.